The molecule has 19 heavy (non-hydrogen) atoms. The van der Waals surface area contributed by atoms with Gasteiger partial charge in [0.1, 0.15) is 0 Å². The average molecular weight is 280 g/mol. The Morgan fingerprint density at radius 2 is 2.47 bits per heavy atom. The summed E-state index contributed by atoms with van der Waals surface area (Å²) in [6, 6.07) is 5.19. The molecule has 0 spiro atoms. The van der Waals surface area contributed by atoms with Gasteiger partial charge in [-0.2, -0.15) is 0 Å². The number of thiophene rings is 1. The van der Waals surface area contributed by atoms with Crippen LogP contribution in [0.15, 0.2) is 28.1 Å². The number of hydrogen-bond acceptors (Lipinski definition) is 5. The highest BCUT2D eigenvalue weighted by Gasteiger charge is 2.17. The lowest BCUT2D eigenvalue weighted by Gasteiger charge is -2.13. The molecule has 1 atom stereocenters. The Morgan fingerprint density at radius 3 is 3.11 bits per heavy atom. The third kappa shape index (κ3) is 3.42. The van der Waals surface area contributed by atoms with Crippen LogP contribution in [0.5, 0.6) is 0 Å². The van der Waals surface area contributed by atoms with Gasteiger partial charge in [0.05, 0.1) is 17.5 Å². The molecule has 0 radical (unpaired) electrons. The summed E-state index contributed by atoms with van der Waals surface area (Å²) in [5, 5.41) is 17.6. The number of hydrogen-bond donors (Lipinski definition) is 2. The van der Waals surface area contributed by atoms with Crippen molar-refractivity contribution in [3.05, 3.63) is 29.3 Å². The first kappa shape index (κ1) is 13.8. The quantitative estimate of drug-likeness (QED) is 0.851. The normalized spacial score (nSPS) is 12.3. The second kappa shape index (κ2) is 6.49. The topological polar surface area (TPSA) is 75.4 Å². The second-order valence-corrected chi connectivity index (χ2v) is 5.14. The maximum atomic E-state index is 11.9. The average Bonchev–Trinajstić information content (AvgIpc) is 3.08. The summed E-state index contributed by atoms with van der Waals surface area (Å²) in [6.45, 7) is 1.93. The fourth-order valence-electron chi connectivity index (χ4n) is 1.73. The number of nitrogens with zero attached hydrogens (tertiary/aromatic N) is 1. The first-order valence-corrected chi connectivity index (χ1v) is 7.05. The van der Waals surface area contributed by atoms with Crippen molar-refractivity contribution in [1.82, 2.24) is 10.5 Å². The standard InChI is InChI=1S/C13H16N2O3S/c1-2-4-9(8-16)14-13(17)10-7-11(18-15-10)12-5-3-6-19-12/h3,5-7,9,16H,2,4,8H2,1H3,(H,14,17)/t9-/m1/s1. The number of aliphatic hydroxyl groups is 1. The SMILES string of the molecule is CCC[C@H](CO)NC(=O)c1cc(-c2cccs2)on1. The number of rotatable bonds is 6. The minimum absolute atomic E-state index is 0.0742. The molecule has 2 N–H and O–H groups in total. The van der Waals surface area contributed by atoms with Crippen LogP contribution in [0.1, 0.15) is 30.3 Å². The smallest absolute Gasteiger partial charge is 0.273 e. The molecule has 102 valence electrons. The van der Waals surface area contributed by atoms with Crippen molar-refractivity contribution in [3.8, 4) is 10.6 Å². The summed E-state index contributed by atoms with van der Waals surface area (Å²) in [4.78, 5) is 12.9. The number of amides is 1. The molecule has 2 rings (SSSR count). The van der Waals surface area contributed by atoms with Crippen LogP contribution in [0.25, 0.3) is 10.6 Å². The molecule has 5 nitrogen and oxygen atoms in total. The van der Waals surface area contributed by atoms with Crippen molar-refractivity contribution in [1.29, 1.82) is 0 Å². The number of carbonyl (C=O) groups is 1. The highest BCUT2D eigenvalue weighted by Crippen LogP contribution is 2.25. The van der Waals surface area contributed by atoms with Crippen LogP contribution in [0.2, 0.25) is 0 Å². The van der Waals surface area contributed by atoms with Crippen LogP contribution in [-0.2, 0) is 0 Å². The van der Waals surface area contributed by atoms with Gasteiger partial charge in [0.2, 0.25) is 0 Å². The van der Waals surface area contributed by atoms with E-state index in [1.807, 2.05) is 24.4 Å². The predicted molar refractivity (Wildman–Crippen MR) is 73.1 cm³/mol. The molecule has 2 aromatic heterocycles. The van der Waals surface area contributed by atoms with Crippen LogP contribution in [0.3, 0.4) is 0 Å². The van der Waals surface area contributed by atoms with Gasteiger partial charge in [-0.05, 0) is 17.9 Å². The molecule has 0 fully saturated rings. The first-order chi connectivity index (χ1) is 9.24. The van der Waals surface area contributed by atoms with Gasteiger partial charge < -0.3 is 14.9 Å². The van der Waals surface area contributed by atoms with Crippen LogP contribution in [0.4, 0.5) is 0 Å². The Kier molecular flexibility index (Phi) is 4.70. The molecule has 0 saturated heterocycles. The zero-order chi connectivity index (χ0) is 13.7. The van der Waals surface area contributed by atoms with Crippen molar-refractivity contribution < 1.29 is 14.4 Å². The van der Waals surface area contributed by atoms with Crippen molar-refractivity contribution in [2.75, 3.05) is 6.61 Å². The number of nitrogens with one attached hydrogen (secondary N) is 1. The van der Waals surface area contributed by atoms with Crippen LogP contribution >= 0.6 is 11.3 Å². The summed E-state index contributed by atoms with van der Waals surface area (Å²) in [5.41, 5.74) is 0.234. The first-order valence-electron chi connectivity index (χ1n) is 6.17. The van der Waals surface area contributed by atoms with Crippen LogP contribution < -0.4 is 5.32 Å². The molecule has 6 heteroatoms. The predicted octanol–water partition coefficient (Wildman–Crippen LogP) is 2.29. The molecule has 0 bridgehead atoms. The fourth-order valence-corrected chi connectivity index (χ4v) is 2.41. The Hall–Kier alpha value is -1.66. The Morgan fingerprint density at radius 1 is 1.63 bits per heavy atom. The van der Waals surface area contributed by atoms with Gasteiger partial charge in [-0.3, -0.25) is 4.79 Å². The molecule has 0 aliphatic rings. The molecular weight excluding hydrogens is 264 g/mol. The Bertz CT molecular complexity index is 522. The van der Waals surface area contributed by atoms with Gasteiger partial charge in [-0.15, -0.1) is 11.3 Å². The van der Waals surface area contributed by atoms with Gasteiger partial charge in [0.25, 0.3) is 5.91 Å². The summed E-state index contributed by atoms with van der Waals surface area (Å²) >= 11 is 1.52. The van der Waals surface area contributed by atoms with E-state index in [1.165, 1.54) is 11.3 Å². The van der Waals surface area contributed by atoms with E-state index in [9.17, 15) is 4.79 Å². The van der Waals surface area contributed by atoms with E-state index in [-0.39, 0.29) is 24.2 Å². The van der Waals surface area contributed by atoms with Crippen molar-refractivity contribution >= 4 is 17.2 Å². The fraction of sp³-hybridized carbons (Fsp3) is 0.385. The molecule has 0 aromatic carbocycles. The van der Waals surface area contributed by atoms with Gasteiger partial charge in [0, 0.05) is 6.07 Å². The lowest BCUT2D eigenvalue weighted by atomic mass is 10.2. The minimum atomic E-state index is -0.320. The van der Waals surface area contributed by atoms with Gasteiger partial charge in [-0.25, -0.2) is 0 Å². The van der Waals surface area contributed by atoms with Gasteiger partial charge >= 0.3 is 0 Å². The van der Waals surface area contributed by atoms with E-state index >= 15 is 0 Å². The number of aliphatic hydroxyl groups excluding tert-OH is 1. The third-order valence-electron chi connectivity index (χ3n) is 2.70. The van der Waals surface area contributed by atoms with E-state index < -0.39 is 0 Å². The summed E-state index contributed by atoms with van der Waals surface area (Å²) in [5.74, 6) is 0.259. The number of aromatic nitrogens is 1. The third-order valence-corrected chi connectivity index (χ3v) is 3.58. The molecule has 0 unspecified atom stereocenters. The summed E-state index contributed by atoms with van der Waals surface area (Å²) < 4.78 is 5.14. The van der Waals surface area contributed by atoms with Gasteiger partial charge in [0.15, 0.2) is 11.5 Å². The highest BCUT2D eigenvalue weighted by molar-refractivity contribution is 7.13. The molecule has 0 aliphatic heterocycles. The number of carbonyl (C=O) groups excluding carboxylic acids is 1. The monoisotopic (exact) mass is 280 g/mol. The van der Waals surface area contributed by atoms with Crippen molar-refractivity contribution in [3.63, 3.8) is 0 Å². The van der Waals surface area contributed by atoms with Crippen LogP contribution in [-0.4, -0.2) is 28.8 Å². The minimum Gasteiger partial charge on any atom is -0.394 e. The molecule has 1 amide bonds. The zero-order valence-corrected chi connectivity index (χ0v) is 11.4. The molecule has 2 heterocycles. The maximum Gasteiger partial charge on any atom is 0.273 e. The summed E-state index contributed by atoms with van der Waals surface area (Å²) in [7, 11) is 0. The van der Waals surface area contributed by atoms with Gasteiger partial charge in [-0.1, -0.05) is 24.6 Å². The van der Waals surface area contributed by atoms with E-state index in [0.717, 1.165) is 17.7 Å². The highest BCUT2D eigenvalue weighted by atomic mass is 32.1. The van der Waals surface area contributed by atoms with Crippen molar-refractivity contribution in [2.45, 2.75) is 25.8 Å². The summed E-state index contributed by atoms with van der Waals surface area (Å²) in [6.07, 6.45) is 1.63. The molecular formula is C13H16N2O3S. The second-order valence-electron chi connectivity index (χ2n) is 4.20. The lowest BCUT2D eigenvalue weighted by molar-refractivity contribution is 0.0904. The lowest BCUT2D eigenvalue weighted by Crippen LogP contribution is -2.37. The van der Waals surface area contributed by atoms with E-state index in [4.69, 9.17) is 9.63 Å². The Labute approximate surface area is 115 Å². The molecule has 0 saturated carbocycles. The van der Waals surface area contributed by atoms with E-state index in [0.29, 0.717) is 5.76 Å². The van der Waals surface area contributed by atoms with Crippen molar-refractivity contribution in [2.24, 2.45) is 0 Å². The van der Waals surface area contributed by atoms with Crippen LogP contribution in [0, 0.1) is 0 Å². The van der Waals surface area contributed by atoms with E-state index in [1.54, 1.807) is 6.07 Å². The Balaban J connectivity index is 2.04. The van der Waals surface area contributed by atoms with E-state index in [2.05, 4.69) is 10.5 Å². The largest absolute Gasteiger partial charge is 0.394 e. The maximum absolute atomic E-state index is 11.9. The molecule has 0 aliphatic carbocycles. The molecule has 2 aromatic rings. The zero-order valence-electron chi connectivity index (χ0n) is 10.6.